The number of pyridine rings is 1. The number of hydrogen-bond donors (Lipinski definition) is 0. The van der Waals surface area contributed by atoms with Crippen molar-refractivity contribution < 1.29 is 0 Å². The van der Waals surface area contributed by atoms with Crippen molar-refractivity contribution in [3.8, 4) is 11.4 Å². The molecule has 0 unspecified atom stereocenters. The van der Waals surface area contributed by atoms with Crippen molar-refractivity contribution >= 4 is 27.1 Å². The summed E-state index contributed by atoms with van der Waals surface area (Å²) in [6, 6.07) is 10.4. The molecule has 17 heavy (non-hydrogen) atoms. The minimum Gasteiger partial charge on any atom is -0.304 e. The predicted octanol–water partition coefficient (Wildman–Crippen LogP) is 3.22. The number of benzene rings is 1. The average Bonchev–Trinajstić information content (AvgIpc) is 2.84. The maximum Gasteiger partial charge on any atom is 0.160 e. The van der Waals surface area contributed by atoms with Gasteiger partial charge in [0.1, 0.15) is 11.3 Å². The first-order valence-electron chi connectivity index (χ1n) is 5.43. The van der Waals surface area contributed by atoms with Crippen molar-refractivity contribution in [1.82, 2.24) is 14.5 Å². The average molecular weight is 286 g/mol. The standard InChI is InChI=1S/C13H8BrN3/c14-9-5-11-13(15-6-9)17-7-8-3-1-2-4-10(8)12(17)16-11/h1-6H,7H2. The SMILES string of the molecule is Brc1cnc2c(c1)nc1n2Cc2ccccc2-1. The van der Waals surface area contributed by atoms with Crippen LogP contribution in [0.3, 0.4) is 0 Å². The first-order chi connectivity index (χ1) is 8.33. The zero-order valence-electron chi connectivity index (χ0n) is 8.89. The molecule has 0 amide bonds. The largest absolute Gasteiger partial charge is 0.304 e. The second-order valence-electron chi connectivity index (χ2n) is 4.17. The molecule has 0 spiro atoms. The van der Waals surface area contributed by atoms with E-state index in [1.54, 1.807) is 0 Å². The Morgan fingerprint density at radius 2 is 2.12 bits per heavy atom. The third-order valence-electron chi connectivity index (χ3n) is 3.14. The van der Waals surface area contributed by atoms with Crippen molar-refractivity contribution in [2.75, 3.05) is 0 Å². The lowest BCUT2D eigenvalue weighted by Crippen LogP contribution is -1.93. The molecule has 0 fully saturated rings. The van der Waals surface area contributed by atoms with E-state index in [9.17, 15) is 0 Å². The molecule has 0 aliphatic carbocycles. The van der Waals surface area contributed by atoms with Crippen LogP contribution < -0.4 is 0 Å². The van der Waals surface area contributed by atoms with Crippen LogP contribution in [0.1, 0.15) is 5.56 Å². The molecule has 3 nitrogen and oxygen atoms in total. The predicted molar refractivity (Wildman–Crippen MR) is 69.8 cm³/mol. The first-order valence-corrected chi connectivity index (χ1v) is 6.22. The molecule has 0 atom stereocenters. The van der Waals surface area contributed by atoms with Crippen molar-refractivity contribution in [3.05, 3.63) is 46.6 Å². The quantitative estimate of drug-likeness (QED) is 0.497. The monoisotopic (exact) mass is 285 g/mol. The van der Waals surface area contributed by atoms with Crippen molar-refractivity contribution in [2.24, 2.45) is 0 Å². The van der Waals surface area contributed by atoms with E-state index in [1.807, 2.05) is 12.3 Å². The van der Waals surface area contributed by atoms with E-state index in [4.69, 9.17) is 0 Å². The highest BCUT2D eigenvalue weighted by Crippen LogP contribution is 2.34. The summed E-state index contributed by atoms with van der Waals surface area (Å²) in [5.74, 6) is 1.03. The van der Waals surface area contributed by atoms with Gasteiger partial charge in [0.25, 0.3) is 0 Å². The lowest BCUT2D eigenvalue weighted by Gasteiger charge is -1.98. The van der Waals surface area contributed by atoms with Gasteiger partial charge in [-0.3, -0.25) is 0 Å². The Bertz CT molecular complexity index is 746. The molecule has 4 heteroatoms. The van der Waals surface area contributed by atoms with Gasteiger partial charge in [-0.25, -0.2) is 9.97 Å². The molecule has 0 radical (unpaired) electrons. The molecule has 1 aliphatic heterocycles. The Morgan fingerprint density at radius 3 is 3.06 bits per heavy atom. The van der Waals surface area contributed by atoms with E-state index < -0.39 is 0 Å². The third-order valence-corrected chi connectivity index (χ3v) is 3.57. The molecule has 2 aromatic heterocycles. The third kappa shape index (κ3) is 1.21. The van der Waals surface area contributed by atoms with Crippen LogP contribution in [-0.4, -0.2) is 14.5 Å². The zero-order valence-corrected chi connectivity index (χ0v) is 10.5. The van der Waals surface area contributed by atoms with Crippen LogP contribution in [0.2, 0.25) is 0 Å². The zero-order chi connectivity index (χ0) is 11.4. The fourth-order valence-corrected chi connectivity index (χ4v) is 2.71. The van der Waals surface area contributed by atoms with Gasteiger partial charge in [-0.2, -0.15) is 0 Å². The van der Waals surface area contributed by atoms with Crippen LogP contribution in [0.15, 0.2) is 41.0 Å². The lowest BCUT2D eigenvalue weighted by molar-refractivity contribution is 0.865. The van der Waals surface area contributed by atoms with E-state index in [0.29, 0.717) is 0 Å². The Labute approximate surface area is 106 Å². The van der Waals surface area contributed by atoms with Gasteiger partial charge in [0.05, 0.1) is 6.54 Å². The number of aromatic nitrogens is 3. The topological polar surface area (TPSA) is 30.7 Å². The molecule has 3 heterocycles. The highest BCUT2D eigenvalue weighted by atomic mass is 79.9. The fraction of sp³-hybridized carbons (Fsp3) is 0.0769. The van der Waals surface area contributed by atoms with E-state index in [0.717, 1.165) is 28.0 Å². The van der Waals surface area contributed by atoms with E-state index in [1.165, 1.54) is 11.1 Å². The second kappa shape index (κ2) is 3.17. The maximum atomic E-state index is 4.67. The van der Waals surface area contributed by atoms with Gasteiger partial charge in [-0.1, -0.05) is 24.3 Å². The van der Waals surface area contributed by atoms with Gasteiger partial charge < -0.3 is 4.57 Å². The summed E-state index contributed by atoms with van der Waals surface area (Å²) in [5.41, 5.74) is 4.45. The van der Waals surface area contributed by atoms with E-state index in [2.05, 4.69) is 54.7 Å². The van der Waals surface area contributed by atoms with Gasteiger partial charge >= 0.3 is 0 Å². The molecule has 0 saturated heterocycles. The Balaban J connectivity index is 2.08. The molecular formula is C13H8BrN3. The van der Waals surface area contributed by atoms with Crippen LogP contribution in [0, 0.1) is 0 Å². The molecule has 82 valence electrons. The van der Waals surface area contributed by atoms with Crippen LogP contribution >= 0.6 is 15.9 Å². The van der Waals surface area contributed by atoms with Gasteiger partial charge in [0.2, 0.25) is 0 Å². The van der Waals surface area contributed by atoms with Crippen molar-refractivity contribution in [1.29, 1.82) is 0 Å². The van der Waals surface area contributed by atoms with Crippen LogP contribution in [0.4, 0.5) is 0 Å². The Hall–Kier alpha value is -1.68. The van der Waals surface area contributed by atoms with Crippen molar-refractivity contribution in [2.45, 2.75) is 6.54 Å². The molecule has 3 aromatic rings. The summed E-state index contributed by atoms with van der Waals surface area (Å²) in [4.78, 5) is 9.11. The molecule has 4 rings (SSSR count). The normalized spacial score (nSPS) is 12.8. The van der Waals surface area contributed by atoms with Gasteiger partial charge in [0.15, 0.2) is 5.65 Å². The summed E-state index contributed by atoms with van der Waals surface area (Å²) in [6.07, 6.45) is 1.82. The van der Waals surface area contributed by atoms with Crippen LogP contribution in [-0.2, 0) is 6.54 Å². The number of imidazole rings is 1. The number of rotatable bonds is 0. The molecule has 1 aliphatic rings. The summed E-state index contributed by atoms with van der Waals surface area (Å²) in [7, 11) is 0. The number of nitrogens with zero attached hydrogens (tertiary/aromatic N) is 3. The summed E-state index contributed by atoms with van der Waals surface area (Å²) >= 11 is 3.43. The fourth-order valence-electron chi connectivity index (χ4n) is 2.39. The minimum atomic E-state index is 0.872. The summed E-state index contributed by atoms with van der Waals surface area (Å²) < 4.78 is 3.14. The van der Waals surface area contributed by atoms with Gasteiger partial charge in [0, 0.05) is 16.2 Å². The maximum absolute atomic E-state index is 4.67. The number of halogens is 1. The molecule has 0 N–H and O–H groups in total. The Morgan fingerprint density at radius 1 is 1.24 bits per heavy atom. The first kappa shape index (κ1) is 9.36. The minimum absolute atomic E-state index is 0.872. The molecular weight excluding hydrogens is 278 g/mol. The smallest absolute Gasteiger partial charge is 0.160 e. The van der Waals surface area contributed by atoms with E-state index in [-0.39, 0.29) is 0 Å². The highest BCUT2D eigenvalue weighted by molar-refractivity contribution is 9.10. The molecule has 0 saturated carbocycles. The van der Waals surface area contributed by atoms with Gasteiger partial charge in [-0.05, 0) is 27.6 Å². The lowest BCUT2D eigenvalue weighted by atomic mass is 10.1. The number of fused-ring (bicyclic) bond motifs is 5. The number of hydrogen-bond acceptors (Lipinski definition) is 2. The van der Waals surface area contributed by atoms with Crippen molar-refractivity contribution in [3.63, 3.8) is 0 Å². The highest BCUT2D eigenvalue weighted by Gasteiger charge is 2.22. The van der Waals surface area contributed by atoms with Crippen LogP contribution in [0.5, 0.6) is 0 Å². The molecule has 1 aromatic carbocycles. The van der Waals surface area contributed by atoms with E-state index >= 15 is 0 Å². The van der Waals surface area contributed by atoms with Crippen LogP contribution in [0.25, 0.3) is 22.6 Å². The summed E-state index contributed by atoms with van der Waals surface area (Å²) in [6.45, 7) is 0.872. The second-order valence-corrected chi connectivity index (χ2v) is 5.09. The summed E-state index contributed by atoms with van der Waals surface area (Å²) in [5, 5.41) is 0. The molecule has 0 bridgehead atoms. The van der Waals surface area contributed by atoms with Gasteiger partial charge in [-0.15, -0.1) is 0 Å². The Kier molecular flexibility index (Phi) is 1.74.